The van der Waals surface area contributed by atoms with E-state index in [4.69, 9.17) is 9.72 Å². The van der Waals surface area contributed by atoms with Crippen LogP contribution in [-0.2, 0) is 13.0 Å². The first kappa shape index (κ1) is 19.2. The van der Waals surface area contributed by atoms with Gasteiger partial charge in [0.05, 0.1) is 7.11 Å². The summed E-state index contributed by atoms with van der Waals surface area (Å²) in [5, 5.41) is 4.67. The summed E-state index contributed by atoms with van der Waals surface area (Å²) in [6.07, 6.45) is 4.27. The maximum absolute atomic E-state index is 12.4. The van der Waals surface area contributed by atoms with Crippen LogP contribution in [0.15, 0.2) is 53.6 Å². The second-order valence-electron chi connectivity index (χ2n) is 7.79. The van der Waals surface area contributed by atoms with Crippen LogP contribution >= 0.6 is 0 Å². The predicted octanol–water partition coefficient (Wildman–Crippen LogP) is 3.34. The fourth-order valence-corrected chi connectivity index (χ4v) is 4.20. The second-order valence-corrected chi connectivity index (χ2v) is 7.79. The highest BCUT2D eigenvalue weighted by atomic mass is 16.5. The number of anilines is 1. The molecule has 0 bridgehead atoms. The molecule has 0 amide bonds. The largest absolute Gasteiger partial charge is 0.496 e. The van der Waals surface area contributed by atoms with E-state index in [-0.39, 0.29) is 5.56 Å². The van der Waals surface area contributed by atoms with Crippen molar-refractivity contribution in [2.24, 2.45) is 0 Å². The lowest BCUT2D eigenvalue weighted by Gasteiger charge is -2.31. The number of pyridine rings is 1. The van der Waals surface area contributed by atoms with Gasteiger partial charge in [-0.05, 0) is 31.5 Å². The average molecular weight is 413 g/mol. The molecule has 4 heterocycles. The summed E-state index contributed by atoms with van der Waals surface area (Å²) < 4.78 is 6.93. The molecule has 156 valence electrons. The first-order chi connectivity index (χ1) is 15.1. The number of fused-ring (bicyclic) bond motifs is 2. The number of hydrogen-bond acceptors (Lipinski definition) is 6. The summed E-state index contributed by atoms with van der Waals surface area (Å²) in [4.78, 5) is 23.7. The Bertz CT molecular complexity index is 1360. The van der Waals surface area contributed by atoms with Gasteiger partial charge in [0.25, 0.3) is 5.56 Å². The van der Waals surface area contributed by atoms with E-state index in [2.05, 4.69) is 21.0 Å². The van der Waals surface area contributed by atoms with Crippen molar-refractivity contribution in [3.63, 3.8) is 0 Å². The molecule has 1 aliphatic heterocycles. The standard InChI is InChI=1S/C24H23N5O2/c1-15-16(2)24(27-29-22(30)8-10-25-23(15)29)28-11-9-20-18(14-28)12-17(13-26-20)19-6-4-5-7-21(19)31-3/h4-8,10,12-13H,9,11,14H2,1-3H3. The lowest BCUT2D eigenvalue weighted by atomic mass is 9.99. The number of rotatable bonds is 3. The van der Waals surface area contributed by atoms with E-state index in [1.54, 1.807) is 7.11 Å². The molecule has 31 heavy (non-hydrogen) atoms. The minimum absolute atomic E-state index is 0.174. The quantitative estimate of drug-likeness (QED) is 0.513. The molecule has 1 aromatic carbocycles. The summed E-state index contributed by atoms with van der Waals surface area (Å²) in [5.41, 5.74) is 6.74. The molecule has 7 nitrogen and oxygen atoms in total. The number of benzene rings is 1. The van der Waals surface area contributed by atoms with Gasteiger partial charge in [-0.1, -0.05) is 18.2 Å². The SMILES string of the molecule is COc1ccccc1-c1cnc2c(c1)CN(c1nn3c(=O)ccnc3c(C)c1C)CC2. The molecule has 3 aromatic heterocycles. The Morgan fingerprint density at radius 3 is 2.74 bits per heavy atom. The van der Waals surface area contributed by atoms with Crippen LogP contribution in [0, 0.1) is 13.8 Å². The van der Waals surface area contributed by atoms with E-state index in [1.807, 2.05) is 44.3 Å². The number of nitrogens with zero attached hydrogens (tertiary/aromatic N) is 5. The molecule has 0 fully saturated rings. The lowest BCUT2D eigenvalue weighted by Crippen LogP contribution is -2.33. The van der Waals surface area contributed by atoms with Crippen molar-refractivity contribution in [1.82, 2.24) is 19.6 Å². The number of methoxy groups -OCH3 is 1. The maximum atomic E-state index is 12.4. The molecule has 7 heteroatoms. The topological polar surface area (TPSA) is 72.6 Å². The van der Waals surface area contributed by atoms with Crippen molar-refractivity contribution in [3.05, 3.63) is 81.5 Å². The van der Waals surface area contributed by atoms with E-state index < -0.39 is 0 Å². The van der Waals surface area contributed by atoms with Crippen molar-refractivity contribution in [1.29, 1.82) is 0 Å². The molecule has 1 aliphatic rings. The van der Waals surface area contributed by atoms with Crippen molar-refractivity contribution in [3.8, 4) is 16.9 Å². The van der Waals surface area contributed by atoms with Gasteiger partial charge < -0.3 is 9.64 Å². The van der Waals surface area contributed by atoms with Crippen LogP contribution in [0.4, 0.5) is 5.82 Å². The van der Waals surface area contributed by atoms with Gasteiger partial charge in [0, 0.05) is 65.9 Å². The third-order valence-electron chi connectivity index (χ3n) is 6.01. The molecular formula is C24H23N5O2. The summed E-state index contributed by atoms with van der Waals surface area (Å²) in [6, 6.07) is 11.6. The molecular weight excluding hydrogens is 390 g/mol. The maximum Gasteiger partial charge on any atom is 0.274 e. The molecule has 0 saturated carbocycles. The highest BCUT2D eigenvalue weighted by Crippen LogP contribution is 2.32. The van der Waals surface area contributed by atoms with Crippen LogP contribution in [0.3, 0.4) is 0 Å². The monoisotopic (exact) mass is 413 g/mol. The van der Waals surface area contributed by atoms with Gasteiger partial charge in [-0.15, -0.1) is 5.10 Å². The Morgan fingerprint density at radius 2 is 1.90 bits per heavy atom. The Kier molecular flexibility index (Phi) is 4.66. The molecule has 0 atom stereocenters. The first-order valence-corrected chi connectivity index (χ1v) is 10.3. The lowest BCUT2D eigenvalue weighted by molar-refractivity contribution is 0.416. The predicted molar refractivity (Wildman–Crippen MR) is 120 cm³/mol. The van der Waals surface area contributed by atoms with E-state index in [9.17, 15) is 4.79 Å². The molecule has 0 saturated heterocycles. The number of aryl methyl sites for hydroxylation is 1. The second kappa shape index (κ2) is 7.50. The molecule has 0 spiro atoms. The smallest absolute Gasteiger partial charge is 0.274 e. The molecule has 0 aliphatic carbocycles. The zero-order valence-electron chi connectivity index (χ0n) is 17.8. The third-order valence-corrected chi connectivity index (χ3v) is 6.01. The van der Waals surface area contributed by atoms with Crippen LogP contribution < -0.4 is 15.2 Å². The summed E-state index contributed by atoms with van der Waals surface area (Å²) in [5.74, 6) is 1.64. The zero-order valence-corrected chi connectivity index (χ0v) is 17.8. The van der Waals surface area contributed by atoms with Gasteiger partial charge in [0.2, 0.25) is 0 Å². The molecule has 0 radical (unpaired) electrons. The van der Waals surface area contributed by atoms with Gasteiger partial charge in [0.15, 0.2) is 11.5 Å². The van der Waals surface area contributed by atoms with Gasteiger partial charge in [-0.25, -0.2) is 4.98 Å². The summed E-state index contributed by atoms with van der Waals surface area (Å²) in [7, 11) is 1.68. The van der Waals surface area contributed by atoms with Crippen molar-refractivity contribution in [2.75, 3.05) is 18.6 Å². The molecule has 4 aromatic rings. The molecule has 0 N–H and O–H groups in total. The highest BCUT2D eigenvalue weighted by Gasteiger charge is 2.23. The number of aromatic nitrogens is 4. The van der Waals surface area contributed by atoms with Crippen molar-refractivity contribution in [2.45, 2.75) is 26.8 Å². The van der Waals surface area contributed by atoms with Crippen LogP contribution in [0.2, 0.25) is 0 Å². The van der Waals surface area contributed by atoms with Crippen LogP contribution in [0.5, 0.6) is 5.75 Å². The number of ether oxygens (including phenoxy) is 1. The van der Waals surface area contributed by atoms with Crippen molar-refractivity contribution < 1.29 is 4.74 Å². The van der Waals surface area contributed by atoms with Crippen LogP contribution in [0.25, 0.3) is 16.8 Å². The van der Waals surface area contributed by atoms with Gasteiger partial charge in [-0.2, -0.15) is 4.52 Å². The van der Waals surface area contributed by atoms with E-state index in [0.717, 1.165) is 58.0 Å². The van der Waals surface area contributed by atoms with Crippen LogP contribution in [0.1, 0.15) is 22.4 Å². The van der Waals surface area contributed by atoms with E-state index in [1.165, 1.54) is 16.8 Å². The van der Waals surface area contributed by atoms with Gasteiger partial charge in [-0.3, -0.25) is 9.78 Å². The normalized spacial score (nSPS) is 13.3. The summed E-state index contributed by atoms with van der Waals surface area (Å²) in [6.45, 7) is 5.50. The van der Waals surface area contributed by atoms with Crippen LogP contribution in [-0.4, -0.2) is 33.2 Å². The first-order valence-electron chi connectivity index (χ1n) is 10.3. The molecule has 0 unspecified atom stereocenters. The Balaban J connectivity index is 1.56. The average Bonchev–Trinajstić information content (AvgIpc) is 2.81. The van der Waals surface area contributed by atoms with Crippen molar-refractivity contribution >= 4 is 11.5 Å². The fourth-order valence-electron chi connectivity index (χ4n) is 4.20. The minimum atomic E-state index is -0.174. The van der Waals surface area contributed by atoms with E-state index in [0.29, 0.717) is 12.2 Å². The highest BCUT2D eigenvalue weighted by molar-refractivity contribution is 5.71. The fraction of sp³-hybridized carbons (Fsp3) is 0.250. The number of para-hydroxylation sites is 1. The minimum Gasteiger partial charge on any atom is -0.496 e. The molecule has 5 rings (SSSR count). The Hall–Kier alpha value is -3.74. The van der Waals surface area contributed by atoms with Gasteiger partial charge in [0.1, 0.15) is 5.75 Å². The number of hydrogen-bond donors (Lipinski definition) is 0. The van der Waals surface area contributed by atoms with Gasteiger partial charge >= 0.3 is 0 Å². The zero-order chi connectivity index (χ0) is 21.5. The summed E-state index contributed by atoms with van der Waals surface area (Å²) >= 11 is 0. The Labute approximate surface area is 180 Å². The third kappa shape index (κ3) is 3.22. The van der Waals surface area contributed by atoms with E-state index >= 15 is 0 Å². The Morgan fingerprint density at radius 1 is 1.06 bits per heavy atom.